The highest BCUT2D eigenvalue weighted by Gasteiger charge is 2.29. The summed E-state index contributed by atoms with van der Waals surface area (Å²) >= 11 is 3.18. The second-order valence-electron chi connectivity index (χ2n) is 5.93. The molecule has 0 saturated heterocycles. The standard InChI is InChI=1S/C18H15BrFNO5S2/c1-27(22,23)16-8-9-17(19)18(11-16)28(24,25)21(12-15-3-2-10-26-15)14-6-4-13(20)5-7-14/h2-11H,12H2,1H3. The van der Waals surface area contributed by atoms with E-state index >= 15 is 0 Å². The van der Waals surface area contributed by atoms with Crippen molar-refractivity contribution >= 4 is 41.5 Å². The normalized spacial score (nSPS) is 12.1. The van der Waals surface area contributed by atoms with Gasteiger partial charge in [0.2, 0.25) is 0 Å². The molecule has 0 spiro atoms. The van der Waals surface area contributed by atoms with Crippen LogP contribution in [-0.2, 0) is 26.4 Å². The van der Waals surface area contributed by atoms with Crippen molar-refractivity contribution < 1.29 is 25.6 Å². The lowest BCUT2D eigenvalue weighted by molar-refractivity contribution is 0.508. The van der Waals surface area contributed by atoms with Crippen LogP contribution in [0, 0.1) is 5.82 Å². The monoisotopic (exact) mass is 487 g/mol. The van der Waals surface area contributed by atoms with Gasteiger partial charge in [0.25, 0.3) is 10.0 Å². The van der Waals surface area contributed by atoms with Crippen LogP contribution in [0.2, 0.25) is 0 Å². The highest BCUT2D eigenvalue weighted by molar-refractivity contribution is 9.10. The van der Waals surface area contributed by atoms with Gasteiger partial charge in [0.15, 0.2) is 9.84 Å². The zero-order valence-electron chi connectivity index (χ0n) is 14.5. The summed E-state index contributed by atoms with van der Waals surface area (Å²) in [5.74, 6) is -0.150. The Morgan fingerprint density at radius 3 is 2.29 bits per heavy atom. The maximum Gasteiger partial charge on any atom is 0.265 e. The molecule has 0 amide bonds. The zero-order chi connectivity index (χ0) is 20.5. The number of hydrogen-bond acceptors (Lipinski definition) is 5. The Labute approximate surface area is 170 Å². The van der Waals surface area contributed by atoms with Gasteiger partial charge in [-0.1, -0.05) is 0 Å². The van der Waals surface area contributed by atoms with E-state index in [1.165, 1.54) is 30.5 Å². The van der Waals surface area contributed by atoms with Crippen LogP contribution in [0.3, 0.4) is 0 Å². The van der Waals surface area contributed by atoms with Crippen LogP contribution >= 0.6 is 15.9 Å². The lowest BCUT2D eigenvalue weighted by Crippen LogP contribution is -2.31. The molecule has 0 unspecified atom stereocenters. The van der Waals surface area contributed by atoms with E-state index in [4.69, 9.17) is 4.42 Å². The minimum atomic E-state index is -4.22. The fourth-order valence-corrected chi connectivity index (χ4v) is 5.60. The van der Waals surface area contributed by atoms with Gasteiger partial charge in [-0.15, -0.1) is 0 Å². The second kappa shape index (κ2) is 7.69. The number of benzene rings is 2. The van der Waals surface area contributed by atoms with Gasteiger partial charge in [-0.3, -0.25) is 4.31 Å². The van der Waals surface area contributed by atoms with Gasteiger partial charge in [-0.25, -0.2) is 21.2 Å². The number of furan rings is 1. The first kappa shape index (κ1) is 20.6. The summed E-state index contributed by atoms with van der Waals surface area (Å²) in [5, 5.41) is 0. The molecule has 3 aromatic rings. The van der Waals surface area contributed by atoms with E-state index in [1.54, 1.807) is 12.1 Å². The van der Waals surface area contributed by atoms with Gasteiger partial charge in [0.1, 0.15) is 16.5 Å². The van der Waals surface area contributed by atoms with Crippen molar-refractivity contribution in [2.75, 3.05) is 10.6 Å². The molecule has 10 heteroatoms. The number of sulfone groups is 1. The molecular formula is C18H15BrFNO5S2. The minimum absolute atomic E-state index is 0.133. The van der Waals surface area contributed by atoms with E-state index in [9.17, 15) is 21.2 Å². The number of hydrogen-bond donors (Lipinski definition) is 0. The Morgan fingerprint density at radius 2 is 1.71 bits per heavy atom. The molecule has 2 aromatic carbocycles. The number of sulfonamides is 1. The molecule has 0 radical (unpaired) electrons. The third kappa shape index (κ3) is 4.29. The van der Waals surface area contributed by atoms with Crippen molar-refractivity contribution in [3.05, 3.63) is 76.9 Å². The molecule has 0 fully saturated rings. The van der Waals surface area contributed by atoms with Crippen LogP contribution in [0.1, 0.15) is 5.76 Å². The fourth-order valence-electron chi connectivity index (χ4n) is 2.50. The minimum Gasteiger partial charge on any atom is -0.467 e. The summed E-state index contributed by atoms with van der Waals surface area (Å²) in [6, 6.07) is 11.9. The van der Waals surface area contributed by atoms with Crippen LogP contribution in [0.25, 0.3) is 0 Å². The van der Waals surface area contributed by atoms with E-state index in [0.29, 0.717) is 5.76 Å². The Bertz CT molecular complexity index is 1190. The predicted octanol–water partition coefficient (Wildman–Crippen LogP) is 3.98. The highest BCUT2D eigenvalue weighted by atomic mass is 79.9. The van der Waals surface area contributed by atoms with Crippen LogP contribution in [0.4, 0.5) is 10.1 Å². The second-order valence-corrected chi connectivity index (χ2v) is 10.6. The quantitative estimate of drug-likeness (QED) is 0.524. The average molecular weight is 488 g/mol. The first-order chi connectivity index (χ1) is 13.1. The molecule has 0 atom stereocenters. The smallest absolute Gasteiger partial charge is 0.265 e. The molecule has 3 rings (SSSR count). The van der Waals surface area contributed by atoms with Crippen LogP contribution in [0.15, 0.2) is 79.5 Å². The maximum atomic E-state index is 13.4. The van der Waals surface area contributed by atoms with Crippen molar-refractivity contribution in [2.24, 2.45) is 0 Å². The molecule has 0 aliphatic carbocycles. The summed E-state index contributed by atoms with van der Waals surface area (Å²) in [6.45, 7) is -0.156. The molecule has 0 aliphatic heterocycles. The van der Waals surface area contributed by atoms with Crippen molar-refractivity contribution in [3.63, 3.8) is 0 Å². The van der Waals surface area contributed by atoms with Gasteiger partial charge < -0.3 is 4.42 Å². The summed E-state index contributed by atoms with van der Waals surface area (Å²) in [5.41, 5.74) is 0.203. The lowest BCUT2D eigenvalue weighted by atomic mass is 10.3. The molecule has 0 N–H and O–H groups in total. The summed E-state index contributed by atoms with van der Waals surface area (Å²) in [4.78, 5) is -0.363. The average Bonchev–Trinajstić information content (AvgIpc) is 3.13. The van der Waals surface area contributed by atoms with Gasteiger partial charge in [0.05, 0.1) is 23.4 Å². The first-order valence-corrected chi connectivity index (χ1v) is 12.0. The molecule has 1 heterocycles. The van der Waals surface area contributed by atoms with Gasteiger partial charge in [-0.2, -0.15) is 0 Å². The van der Waals surface area contributed by atoms with Crippen LogP contribution in [-0.4, -0.2) is 23.1 Å². The molecule has 1 aromatic heterocycles. The van der Waals surface area contributed by atoms with Gasteiger partial charge in [-0.05, 0) is 70.5 Å². The summed E-state index contributed by atoms with van der Waals surface area (Å²) in [7, 11) is -7.84. The molecule has 6 nitrogen and oxygen atoms in total. The number of anilines is 1. The van der Waals surface area contributed by atoms with E-state index in [0.717, 1.165) is 28.8 Å². The van der Waals surface area contributed by atoms with E-state index in [-0.39, 0.29) is 26.5 Å². The molecule has 0 saturated carbocycles. The van der Waals surface area contributed by atoms with Crippen molar-refractivity contribution in [3.8, 4) is 0 Å². The number of halogens is 2. The topological polar surface area (TPSA) is 84.7 Å². The summed E-state index contributed by atoms with van der Waals surface area (Å²) in [6.07, 6.45) is 2.40. The first-order valence-electron chi connectivity index (χ1n) is 7.89. The molecule has 28 heavy (non-hydrogen) atoms. The van der Waals surface area contributed by atoms with Crippen molar-refractivity contribution in [2.45, 2.75) is 16.3 Å². The Hall–Kier alpha value is -2.17. The number of rotatable bonds is 6. The molecule has 0 aliphatic rings. The van der Waals surface area contributed by atoms with Crippen molar-refractivity contribution in [1.29, 1.82) is 0 Å². The maximum absolute atomic E-state index is 13.4. The van der Waals surface area contributed by atoms with E-state index in [2.05, 4.69) is 15.9 Å². The summed E-state index contributed by atoms with van der Waals surface area (Å²) < 4.78 is 70.4. The Kier molecular flexibility index (Phi) is 5.64. The SMILES string of the molecule is CS(=O)(=O)c1ccc(Br)c(S(=O)(=O)N(Cc2ccco2)c2ccc(F)cc2)c1. The molecular weight excluding hydrogens is 473 g/mol. The Balaban J connectivity index is 2.17. The predicted molar refractivity (Wildman–Crippen MR) is 106 cm³/mol. The van der Waals surface area contributed by atoms with Crippen LogP contribution < -0.4 is 4.31 Å². The Morgan fingerprint density at radius 1 is 1.04 bits per heavy atom. The molecule has 148 valence electrons. The zero-order valence-corrected chi connectivity index (χ0v) is 17.8. The third-order valence-electron chi connectivity index (χ3n) is 3.89. The lowest BCUT2D eigenvalue weighted by Gasteiger charge is -2.24. The number of nitrogens with zero attached hydrogens (tertiary/aromatic N) is 1. The van der Waals surface area contributed by atoms with E-state index < -0.39 is 25.7 Å². The third-order valence-corrected chi connectivity index (χ3v) is 7.77. The largest absolute Gasteiger partial charge is 0.467 e. The highest BCUT2D eigenvalue weighted by Crippen LogP contribution is 2.32. The van der Waals surface area contributed by atoms with Crippen LogP contribution in [0.5, 0.6) is 0 Å². The van der Waals surface area contributed by atoms with Crippen molar-refractivity contribution in [1.82, 2.24) is 0 Å². The molecule has 0 bridgehead atoms. The van der Waals surface area contributed by atoms with Gasteiger partial charge >= 0.3 is 0 Å². The fraction of sp³-hybridized carbons (Fsp3) is 0.111. The van der Waals surface area contributed by atoms with E-state index in [1.807, 2.05) is 0 Å². The van der Waals surface area contributed by atoms with Gasteiger partial charge in [0, 0.05) is 10.7 Å².